The molecule has 0 heterocycles. The Morgan fingerprint density at radius 2 is 2.15 bits per heavy atom. The Morgan fingerprint density at radius 3 is 2.77 bits per heavy atom. The van der Waals surface area contributed by atoms with Crippen LogP contribution in [0.2, 0.25) is 0 Å². The van der Waals surface area contributed by atoms with Crippen molar-refractivity contribution in [2.75, 3.05) is 6.61 Å². The van der Waals surface area contributed by atoms with Gasteiger partial charge in [0, 0.05) is 5.33 Å². The molecule has 1 aromatic carbocycles. The van der Waals surface area contributed by atoms with Crippen LogP contribution in [0, 0.1) is 0 Å². The van der Waals surface area contributed by atoms with E-state index in [1.807, 2.05) is 6.07 Å². The lowest BCUT2D eigenvalue weighted by atomic mass is 10.2. The summed E-state index contributed by atoms with van der Waals surface area (Å²) in [4.78, 5) is 0. The number of alkyl halides is 3. The fraction of sp³-hybridized carbons (Fsp3) is 0.333. The lowest BCUT2D eigenvalue weighted by molar-refractivity contribution is 0.0819. The molecule has 0 saturated carbocycles. The van der Waals surface area contributed by atoms with Crippen molar-refractivity contribution in [1.29, 1.82) is 0 Å². The van der Waals surface area contributed by atoms with Crippen LogP contribution in [-0.4, -0.2) is 13.0 Å². The van der Waals surface area contributed by atoms with Gasteiger partial charge in [0.25, 0.3) is 6.43 Å². The summed E-state index contributed by atoms with van der Waals surface area (Å²) in [6, 6.07) is 7.06. The van der Waals surface area contributed by atoms with Crippen molar-refractivity contribution >= 4 is 15.9 Å². The molecule has 0 saturated heterocycles. The molecule has 0 aliphatic heterocycles. The topological polar surface area (TPSA) is 9.23 Å². The first-order valence-corrected chi connectivity index (χ1v) is 4.90. The fourth-order valence-corrected chi connectivity index (χ4v) is 1.23. The molecule has 0 aliphatic rings. The van der Waals surface area contributed by atoms with E-state index in [2.05, 4.69) is 15.9 Å². The molecule has 0 fully saturated rings. The van der Waals surface area contributed by atoms with E-state index in [0.29, 0.717) is 11.1 Å². The van der Waals surface area contributed by atoms with Crippen molar-refractivity contribution in [2.24, 2.45) is 0 Å². The maximum Gasteiger partial charge on any atom is 0.272 e. The summed E-state index contributed by atoms with van der Waals surface area (Å²) >= 11 is 3.27. The van der Waals surface area contributed by atoms with E-state index in [0.717, 1.165) is 5.56 Å². The largest absolute Gasteiger partial charge is 0.488 e. The first-order chi connectivity index (χ1) is 6.22. The Labute approximate surface area is 83.8 Å². The molecule has 0 atom stereocenters. The van der Waals surface area contributed by atoms with Crippen molar-refractivity contribution in [1.82, 2.24) is 0 Å². The van der Waals surface area contributed by atoms with Crippen LogP contribution in [0.5, 0.6) is 5.75 Å². The van der Waals surface area contributed by atoms with E-state index >= 15 is 0 Å². The van der Waals surface area contributed by atoms with E-state index in [9.17, 15) is 8.78 Å². The van der Waals surface area contributed by atoms with Gasteiger partial charge in [-0.25, -0.2) is 8.78 Å². The molecule has 0 bridgehead atoms. The zero-order chi connectivity index (χ0) is 9.68. The molecule has 1 nitrogen and oxygen atoms in total. The first kappa shape index (κ1) is 10.4. The molecular formula is C9H9BrF2O. The SMILES string of the molecule is FC(F)COc1cccc(CBr)c1. The number of halogens is 3. The predicted molar refractivity (Wildman–Crippen MR) is 50.6 cm³/mol. The monoisotopic (exact) mass is 250 g/mol. The van der Waals surface area contributed by atoms with Crippen molar-refractivity contribution < 1.29 is 13.5 Å². The summed E-state index contributed by atoms with van der Waals surface area (Å²) in [5.74, 6) is 0.484. The third-order valence-electron chi connectivity index (χ3n) is 1.43. The molecule has 0 radical (unpaired) electrons. The van der Waals surface area contributed by atoms with Crippen LogP contribution < -0.4 is 4.74 Å². The van der Waals surface area contributed by atoms with Crippen LogP contribution >= 0.6 is 15.9 Å². The maximum atomic E-state index is 11.8. The van der Waals surface area contributed by atoms with Crippen LogP contribution in [0.1, 0.15) is 5.56 Å². The van der Waals surface area contributed by atoms with Gasteiger partial charge in [0.1, 0.15) is 12.4 Å². The van der Waals surface area contributed by atoms with Crippen LogP contribution in [0.3, 0.4) is 0 Å². The Kier molecular flexibility index (Phi) is 4.15. The van der Waals surface area contributed by atoms with E-state index < -0.39 is 13.0 Å². The second-order valence-corrected chi connectivity index (χ2v) is 3.04. The summed E-state index contributed by atoms with van der Waals surface area (Å²) < 4.78 is 28.4. The normalized spacial score (nSPS) is 10.5. The summed E-state index contributed by atoms with van der Waals surface area (Å²) in [7, 11) is 0. The van der Waals surface area contributed by atoms with E-state index in [4.69, 9.17) is 4.74 Å². The van der Waals surface area contributed by atoms with Crippen molar-refractivity contribution in [2.45, 2.75) is 11.8 Å². The zero-order valence-corrected chi connectivity index (χ0v) is 8.43. The van der Waals surface area contributed by atoms with Crippen LogP contribution in [0.15, 0.2) is 24.3 Å². The molecule has 0 N–H and O–H groups in total. The minimum atomic E-state index is -2.42. The van der Waals surface area contributed by atoms with Gasteiger partial charge in [0.05, 0.1) is 0 Å². The van der Waals surface area contributed by atoms with Gasteiger partial charge >= 0.3 is 0 Å². The predicted octanol–water partition coefficient (Wildman–Crippen LogP) is 3.23. The van der Waals surface area contributed by atoms with Gasteiger partial charge in [0.15, 0.2) is 0 Å². The van der Waals surface area contributed by atoms with Gasteiger partial charge in [-0.3, -0.25) is 0 Å². The van der Waals surface area contributed by atoms with Crippen LogP contribution in [0.4, 0.5) is 8.78 Å². The zero-order valence-electron chi connectivity index (χ0n) is 6.84. The lowest BCUT2D eigenvalue weighted by Gasteiger charge is -2.05. The Balaban J connectivity index is 2.56. The smallest absolute Gasteiger partial charge is 0.272 e. The minimum Gasteiger partial charge on any atom is -0.488 e. The third-order valence-corrected chi connectivity index (χ3v) is 2.08. The maximum absolute atomic E-state index is 11.8. The molecule has 0 aliphatic carbocycles. The highest BCUT2D eigenvalue weighted by Crippen LogP contribution is 2.15. The van der Waals surface area contributed by atoms with Gasteiger partial charge < -0.3 is 4.74 Å². The minimum absolute atomic E-state index is 0.484. The number of ether oxygens (including phenoxy) is 1. The van der Waals surface area contributed by atoms with E-state index in [-0.39, 0.29) is 0 Å². The molecule has 0 aromatic heterocycles. The summed E-state index contributed by atoms with van der Waals surface area (Å²) in [5, 5.41) is 0.693. The van der Waals surface area contributed by atoms with E-state index in [1.54, 1.807) is 18.2 Å². The molecular weight excluding hydrogens is 242 g/mol. The number of benzene rings is 1. The second-order valence-electron chi connectivity index (χ2n) is 2.48. The van der Waals surface area contributed by atoms with Gasteiger partial charge in [-0.2, -0.15) is 0 Å². The molecule has 13 heavy (non-hydrogen) atoms. The average molecular weight is 251 g/mol. The summed E-state index contributed by atoms with van der Waals surface area (Å²) in [5.41, 5.74) is 1.01. The number of rotatable bonds is 4. The van der Waals surface area contributed by atoms with Crippen molar-refractivity contribution in [3.8, 4) is 5.75 Å². The highest BCUT2D eigenvalue weighted by molar-refractivity contribution is 9.08. The van der Waals surface area contributed by atoms with Crippen LogP contribution in [0.25, 0.3) is 0 Å². The highest BCUT2D eigenvalue weighted by atomic mass is 79.9. The summed E-state index contributed by atoms with van der Waals surface area (Å²) in [6.07, 6.45) is -2.42. The van der Waals surface area contributed by atoms with Crippen LogP contribution in [-0.2, 0) is 5.33 Å². The van der Waals surface area contributed by atoms with Gasteiger partial charge in [-0.15, -0.1) is 0 Å². The second kappa shape index (κ2) is 5.17. The Bertz CT molecular complexity index is 266. The van der Waals surface area contributed by atoms with Crippen molar-refractivity contribution in [3.63, 3.8) is 0 Å². The molecule has 0 spiro atoms. The fourth-order valence-electron chi connectivity index (χ4n) is 0.878. The Hall–Kier alpha value is -0.640. The summed E-state index contributed by atoms with van der Waals surface area (Å²) in [6.45, 7) is -0.550. The standard InChI is InChI=1S/C9H9BrF2O/c10-5-7-2-1-3-8(4-7)13-6-9(11)12/h1-4,9H,5-6H2. The van der Waals surface area contributed by atoms with Gasteiger partial charge in [0.2, 0.25) is 0 Å². The molecule has 4 heteroatoms. The molecule has 0 amide bonds. The number of hydrogen-bond donors (Lipinski definition) is 0. The van der Waals surface area contributed by atoms with Gasteiger partial charge in [-0.1, -0.05) is 28.1 Å². The van der Waals surface area contributed by atoms with Crippen molar-refractivity contribution in [3.05, 3.63) is 29.8 Å². The highest BCUT2D eigenvalue weighted by Gasteiger charge is 2.03. The molecule has 0 unspecified atom stereocenters. The average Bonchev–Trinajstić information content (AvgIpc) is 2.15. The lowest BCUT2D eigenvalue weighted by Crippen LogP contribution is -2.06. The quantitative estimate of drug-likeness (QED) is 0.746. The van der Waals surface area contributed by atoms with E-state index in [1.165, 1.54) is 0 Å². The molecule has 72 valence electrons. The molecule has 1 aromatic rings. The number of hydrogen-bond acceptors (Lipinski definition) is 1. The third kappa shape index (κ3) is 3.72. The first-order valence-electron chi connectivity index (χ1n) is 3.78. The Morgan fingerprint density at radius 1 is 1.38 bits per heavy atom. The molecule has 1 rings (SSSR count). The van der Waals surface area contributed by atoms with Gasteiger partial charge in [-0.05, 0) is 17.7 Å².